The number of ketones is 1. The summed E-state index contributed by atoms with van der Waals surface area (Å²) in [4.78, 5) is 23.3. The lowest BCUT2D eigenvalue weighted by molar-refractivity contribution is -0.129. The molecular formula is C12H23NO3. The highest BCUT2D eigenvalue weighted by Crippen LogP contribution is 2.21. The third-order valence-electron chi connectivity index (χ3n) is 2.69. The second-order valence-electron chi connectivity index (χ2n) is 5.11. The van der Waals surface area contributed by atoms with Crippen molar-refractivity contribution >= 4 is 11.9 Å². The molecule has 0 aromatic carbocycles. The van der Waals surface area contributed by atoms with Crippen molar-refractivity contribution in [3.8, 4) is 0 Å². The van der Waals surface area contributed by atoms with Crippen LogP contribution in [0, 0.1) is 11.3 Å². The molecule has 0 aliphatic heterocycles. The van der Waals surface area contributed by atoms with Gasteiger partial charge >= 0.3 is 6.09 Å². The van der Waals surface area contributed by atoms with Crippen LogP contribution in [0.2, 0.25) is 0 Å². The Bertz CT molecular complexity index is 255. The molecule has 1 N–H and O–H groups in total. The molecule has 0 aromatic heterocycles. The highest BCUT2D eigenvalue weighted by atomic mass is 16.5. The number of nitrogens with one attached hydrogen (secondary N) is 1. The number of ether oxygens (including phenoxy) is 1. The molecule has 2 atom stereocenters. The van der Waals surface area contributed by atoms with Gasteiger partial charge in [-0.1, -0.05) is 41.0 Å². The Hall–Kier alpha value is -1.06. The van der Waals surface area contributed by atoms with Gasteiger partial charge in [0.05, 0.1) is 13.2 Å². The molecule has 0 saturated carbocycles. The molecule has 0 fully saturated rings. The molecule has 16 heavy (non-hydrogen) atoms. The van der Waals surface area contributed by atoms with Crippen LogP contribution < -0.4 is 5.32 Å². The first-order chi connectivity index (χ1) is 7.23. The minimum absolute atomic E-state index is 0.0345. The Labute approximate surface area is 97.7 Å². The van der Waals surface area contributed by atoms with Gasteiger partial charge in [0, 0.05) is 5.41 Å². The molecule has 0 unspecified atom stereocenters. The fourth-order valence-electron chi connectivity index (χ4n) is 1.35. The van der Waals surface area contributed by atoms with E-state index >= 15 is 0 Å². The Kier molecular flexibility index (Phi) is 5.48. The van der Waals surface area contributed by atoms with E-state index in [4.69, 9.17) is 0 Å². The van der Waals surface area contributed by atoms with Gasteiger partial charge in [-0.3, -0.25) is 4.79 Å². The minimum Gasteiger partial charge on any atom is -0.453 e. The van der Waals surface area contributed by atoms with E-state index in [9.17, 15) is 9.59 Å². The lowest BCUT2D eigenvalue weighted by atomic mass is 9.81. The van der Waals surface area contributed by atoms with Gasteiger partial charge in [0.2, 0.25) is 0 Å². The summed E-state index contributed by atoms with van der Waals surface area (Å²) in [5.41, 5.74) is -0.463. The third-order valence-corrected chi connectivity index (χ3v) is 2.69. The number of Topliss-reactive ketones (excluding diaryl/α,β-unsaturated/α-hetero) is 1. The first-order valence-electron chi connectivity index (χ1n) is 5.62. The average molecular weight is 229 g/mol. The summed E-state index contributed by atoms with van der Waals surface area (Å²) in [5.74, 6) is 0.137. The van der Waals surface area contributed by atoms with Gasteiger partial charge in [-0.15, -0.1) is 0 Å². The van der Waals surface area contributed by atoms with Gasteiger partial charge in [0.1, 0.15) is 0 Å². The highest BCUT2D eigenvalue weighted by molar-refractivity contribution is 5.91. The van der Waals surface area contributed by atoms with E-state index < -0.39 is 17.6 Å². The molecule has 0 bridgehead atoms. The Morgan fingerprint density at radius 1 is 1.31 bits per heavy atom. The van der Waals surface area contributed by atoms with Gasteiger partial charge in [0.25, 0.3) is 0 Å². The number of hydrogen-bond donors (Lipinski definition) is 1. The van der Waals surface area contributed by atoms with Crippen molar-refractivity contribution in [3.63, 3.8) is 0 Å². The zero-order valence-electron chi connectivity index (χ0n) is 11.1. The normalized spacial score (nSPS) is 15.1. The number of rotatable bonds is 4. The largest absolute Gasteiger partial charge is 0.453 e. The van der Waals surface area contributed by atoms with Crippen molar-refractivity contribution < 1.29 is 14.3 Å². The van der Waals surface area contributed by atoms with E-state index in [1.165, 1.54) is 7.11 Å². The predicted octanol–water partition coefficient (Wildman–Crippen LogP) is 2.37. The van der Waals surface area contributed by atoms with E-state index in [-0.39, 0.29) is 11.7 Å². The van der Waals surface area contributed by atoms with Crippen LogP contribution in [0.15, 0.2) is 0 Å². The maximum Gasteiger partial charge on any atom is 0.407 e. The van der Waals surface area contributed by atoms with Crippen molar-refractivity contribution in [2.75, 3.05) is 7.11 Å². The van der Waals surface area contributed by atoms with Crippen LogP contribution in [-0.4, -0.2) is 25.0 Å². The summed E-state index contributed by atoms with van der Waals surface area (Å²) < 4.78 is 4.54. The summed E-state index contributed by atoms with van der Waals surface area (Å²) in [6.45, 7) is 9.49. The van der Waals surface area contributed by atoms with Crippen LogP contribution in [0.1, 0.15) is 41.0 Å². The van der Waals surface area contributed by atoms with Crippen molar-refractivity contribution in [3.05, 3.63) is 0 Å². The summed E-state index contributed by atoms with van der Waals surface area (Å²) in [7, 11) is 1.30. The second kappa shape index (κ2) is 5.87. The summed E-state index contributed by atoms with van der Waals surface area (Å²) in [5, 5.41) is 2.61. The molecule has 4 nitrogen and oxygen atoms in total. The molecule has 0 rings (SSSR count). The topological polar surface area (TPSA) is 55.4 Å². The van der Waals surface area contributed by atoms with Crippen LogP contribution in [0.3, 0.4) is 0 Å². The predicted molar refractivity (Wildman–Crippen MR) is 63.2 cm³/mol. The van der Waals surface area contributed by atoms with Gasteiger partial charge in [-0.2, -0.15) is 0 Å². The maximum atomic E-state index is 12.1. The number of methoxy groups -OCH3 is 1. The SMILES string of the molecule is CC[C@H](C)[C@H](NC(=O)OC)C(=O)C(C)(C)C. The van der Waals surface area contributed by atoms with Crippen LogP contribution in [0.25, 0.3) is 0 Å². The van der Waals surface area contributed by atoms with E-state index in [0.29, 0.717) is 0 Å². The molecule has 0 aliphatic carbocycles. The number of carbonyl (C=O) groups is 2. The van der Waals surface area contributed by atoms with Gasteiger partial charge < -0.3 is 10.1 Å². The fourth-order valence-corrected chi connectivity index (χ4v) is 1.35. The number of amides is 1. The molecule has 0 aliphatic rings. The average Bonchev–Trinajstić information content (AvgIpc) is 2.22. The molecule has 0 radical (unpaired) electrons. The van der Waals surface area contributed by atoms with Gasteiger partial charge in [0.15, 0.2) is 5.78 Å². The van der Waals surface area contributed by atoms with E-state index in [0.717, 1.165) is 6.42 Å². The molecule has 94 valence electrons. The lowest BCUT2D eigenvalue weighted by Gasteiger charge is -2.28. The molecule has 0 heterocycles. The fraction of sp³-hybridized carbons (Fsp3) is 0.833. The number of hydrogen-bond acceptors (Lipinski definition) is 3. The Balaban J connectivity index is 4.81. The molecule has 0 saturated heterocycles. The van der Waals surface area contributed by atoms with E-state index in [1.54, 1.807) is 0 Å². The first kappa shape index (κ1) is 14.9. The first-order valence-corrected chi connectivity index (χ1v) is 5.62. The molecule has 1 amide bonds. The quantitative estimate of drug-likeness (QED) is 0.805. The zero-order valence-corrected chi connectivity index (χ0v) is 11.1. The van der Waals surface area contributed by atoms with Crippen molar-refractivity contribution in [2.24, 2.45) is 11.3 Å². The number of carbonyl (C=O) groups excluding carboxylic acids is 2. The minimum atomic E-state index is -0.553. The van der Waals surface area contributed by atoms with E-state index in [2.05, 4.69) is 10.1 Å². The smallest absolute Gasteiger partial charge is 0.407 e. The van der Waals surface area contributed by atoms with Crippen molar-refractivity contribution in [1.29, 1.82) is 0 Å². The second-order valence-corrected chi connectivity index (χ2v) is 5.11. The molecule has 0 aromatic rings. The summed E-state index contributed by atoms with van der Waals surface area (Å²) in [6, 6.07) is -0.475. The van der Waals surface area contributed by atoms with Gasteiger partial charge in [-0.25, -0.2) is 4.79 Å². The highest BCUT2D eigenvalue weighted by Gasteiger charge is 2.33. The summed E-state index contributed by atoms with van der Waals surface area (Å²) >= 11 is 0. The van der Waals surface area contributed by atoms with Crippen LogP contribution in [-0.2, 0) is 9.53 Å². The van der Waals surface area contributed by atoms with E-state index in [1.807, 2.05) is 34.6 Å². The number of alkyl carbamates (subject to hydrolysis) is 1. The van der Waals surface area contributed by atoms with Crippen LogP contribution in [0.5, 0.6) is 0 Å². The van der Waals surface area contributed by atoms with Crippen molar-refractivity contribution in [1.82, 2.24) is 5.32 Å². The van der Waals surface area contributed by atoms with Crippen molar-refractivity contribution in [2.45, 2.75) is 47.1 Å². The zero-order chi connectivity index (χ0) is 12.9. The Morgan fingerprint density at radius 2 is 1.81 bits per heavy atom. The standard InChI is InChI=1S/C12H23NO3/c1-7-8(2)9(13-11(15)16-6)10(14)12(3,4)5/h8-9H,7H2,1-6H3,(H,13,15)/t8-,9-/m0/s1. The maximum absolute atomic E-state index is 12.1. The van der Waals surface area contributed by atoms with Crippen LogP contribution in [0.4, 0.5) is 4.79 Å². The Morgan fingerprint density at radius 3 is 2.12 bits per heavy atom. The summed E-state index contributed by atoms with van der Waals surface area (Å²) in [6.07, 6.45) is 0.277. The molecular weight excluding hydrogens is 206 g/mol. The van der Waals surface area contributed by atoms with Gasteiger partial charge in [-0.05, 0) is 5.92 Å². The molecule has 0 spiro atoms. The monoisotopic (exact) mass is 229 g/mol. The molecule has 4 heteroatoms. The lowest BCUT2D eigenvalue weighted by Crippen LogP contribution is -2.49. The third kappa shape index (κ3) is 4.21. The van der Waals surface area contributed by atoms with Crippen LogP contribution >= 0.6 is 0 Å².